The number of hydrogen-bond acceptors (Lipinski definition) is 3. The highest BCUT2D eigenvalue weighted by Crippen LogP contribution is 2.10. The molecule has 1 aromatic carbocycles. The maximum atomic E-state index is 12.6. The normalized spacial score (nSPS) is 12.0. The van der Waals surface area contributed by atoms with Crippen LogP contribution >= 0.6 is 0 Å². The molecular formula is C16H18FN3O3. The van der Waals surface area contributed by atoms with Crippen molar-refractivity contribution < 1.29 is 19.1 Å². The molecule has 2 rings (SSSR count). The molecule has 0 aliphatic carbocycles. The fraction of sp³-hybridized carbons (Fsp3) is 0.312. The Balaban J connectivity index is 2.14. The Morgan fingerprint density at radius 1 is 1.35 bits per heavy atom. The fourth-order valence-corrected chi connectivity index (χ4v) is 2.23. The minimum atomic E-state index is -1.54. The van der Waals surface area contributed by atoms with Crippen molar-refractivity contribution >= 4 is 11.9 Å². The molecule has 122 valence electrons. The monoisotopic (exact) mass is 319 g/mol. The van der Waals surface area contributed by atoms with E-state index in [9.17, 15) is 14.0 Å². The van der Waals surface area contributed by atoms with Gasteiger partial charge in [-0.25, -0.2) is 9.18 Å². The number of amides is 1. The highest BCUT2D eigenvalue weighted by molar-refractivity contribution is 5.96. The van der Waals surface area contributed by atoms with Crippen LogP contribution in [0.4, 0.5) is 4.39 Å². The largest absolute Gasteiger partial charge is 0.480 e. The lowest BCUT2D eigenvalue weighted by molar-refractivity contribution is -0.139. The van der Waals surface area contributed by atoms with Crippen molar-refractivity contribution in [3.63, 3.8) is 0 Å². The average molecular weight is 319 g/mol. The first-order valence-corrected chi connectivity index (χ1v) is 7.10. The zero-order chi connectivity index (χ0) is 17.0. The summed E-state index contributed by atoms with van der Waals surface area (Å²) in [5.41, 5.74) is 3.03. The molecule has 1 heterocycles. The Hall–Kier alpha value is -2.70. The Morgan fingerprint density at radius 3 is 2.65 bits per heavy atom. The first-order chi connectivity index (χ1) is 10.9. The van der Waals surface area contributed by atoms with Gasteiger partial charge in [-0.2, -0.15) is 5.10 Å². The van der Waals surface area contributed by atoms with Gasteiger partial charge >= 0.3 is 5.97 Å². The van der Waals surface area contributed by atoms with E-state index in [-0.39, 0.29) is 5.56 Å². The van der Waals surface area contributed by atoms with Crippen LogP contribution in [0.15, 0.2) is 30.3 Å². The second-order valence-electron chi connectivity index (χ2n) is 5.30. The maximum Gasteiger partial charge on any atom is 0.328 e. The molecule has 0 spiro atoms. The Morgan fingerprint density at radius 2 is 2.09 bits per heavy atom. The molecule has 2 aromatic rings. The molecule has 0 aliphatic heterocycles. The predicted molar refractivity (Wildman–Crippen MR) is 82.1 cm³/mol. The topological polar surface area (TPSA) is 84.2 Å². The number of aliphatic carboxylic acids is 1. The van der Waals surface area contributed by atoms with E-state index in [1.54, 1.807) is 18.2 Å². The molecule has 0 saturated heterocycles. The van der Waals surface area contributed by atoms with E-state index in [0.29, 0.717) is 6.54 Å². The minimum absolute atomic E-state index is 0.281. The quantitative estimate of drug-likeness (QED) is 0.849. The predicted octanol–water partition coefficient (Wildman–Crippen LogP) is 1.70. The molecule has 1 amide bonds. The van der Waals surface area contributed by atoms with Gasteiger partial charge in [0.15, 0.2) is 6.04 Å². The van der Waals surface area contributed by atoms with E-state index in [1.807, 2.05) is 30.7 Å². The molecule has 0 saturated carbocycles. The van der Waals surface area contributed by atoms with E-state index in [1.165, 1.54) is 0 Å². The molecule has 0 bridgehead atoms. The highest BCUT2D eigenvalue weighted by atomic mass is 19.1. The molecule has 1 aromatic heterocycles. The van der Waals surface area contributed by atoms with Crippen LogP contribution in [-0.4, -0.2) is 39.5 Å². The molecule has 0 aliphatic rings. The number of carbonyl (C=O) groups is 2. The average Bonchev–Trinajstić information content (AvgIpc) is 2.82. The third-order valence-electron chi connectivity index (χ3n) is 3.38. The first-order valence-electron chi connectivity index (χ1n) is 7.10. The van der Waals surface area contributed by atoms with Gasteiger partial charge in [0.25, 0.3) is 5.91 Å². The summed E-state index contributed by atoms with van der Waals surface area (Å²) in [6.45, 7) is 3.17. The number of aryl methyl sites for hydroxylation is 2. The summed E-state index contributed by atoms with van der Waals surface area (Å²) in [6, 6.07) is 7.15. The Labute approximate surface area is 132 Å². The molecule has 7 heteroatoms. The number of rotatable bonds is 6. The van der Waals surface area contributed by atoms with E-state index in [2.05, 4.69) is 10.4 Å². The van der Waals surface area contributed by atoms with Crippen molar-refractivity contribution in [3.8, 4) is 0 Å². The van der Waals surface area contributed by atoms with Crippen molar-refractivity contribution in [1.29, 1.82) is 0 Å². The van der Waals surface area contributed by atoms with Crippen LogP contribution in [0.1, 0.15) is 27.3 Å². The second-order valence-corrected chi connectivity index (χ2v) is 5.30. The van der Waals surface area contributed by atoms with Gasteiger partial charge in [-0.05, 0) is 37.6 Å². The first kappa shape index (κ1) is 16.7. The number of carboxylic acid groups (broad SMARTS) is 1. The van der Waals surface area contributed by atoms with Crippen molar-refractivity contribution in [2.45, 2.75) is 26.4 Å². The van der Waals surface area contributed by atoms with E-state index >= 15 is 0 Å². The number of carbonyl (C=O) groups excluding carboxylic acids is 1. The number of alkyl halides is 1. The van der Waals surface area contributed by atoms with Crippen LogP contribution < -0.4 is 5.32 Å². The molecule has 0 radical (unpaired) electrons. The lowest BCUT2D eigenvalue weighted by Crippen LogP contribution is -2.42. The molecule has 23 heavy (non-hydrogen) atoms. The molecule has 6 nitrogen and oxygen atoms in total. The van der Waals surface area contributed by atoms with Gasteiger partial charge in [-0.3, -0.25) is 9.48 Å². The van der Waals surface area contributed by atoms with Crippen LogP contribution in [-0.2, 0) is 11.3 Å². The van der Waals surface area contributed by atoms with Gasteiger partial charge in [0.1, 0.15) is 6.67 Å². The summed E-state index contributed by atoms with van der Waals surface area (Å²) in [4.78, 5) is 22.8. The van der Waals surface area contributed by atoms with E-state index < -0.39 is 24.6 Å². The summed E-state index contributed by atoms with van der Waals surface area (Å²) < 4.78 is 14.4. The van der Waals surface area contributed by atoms with Gasteiger partial charge in [0.05, 0.1) is 12.2 Å². The van der Waals surface area contributed by atoms with Crippen molar-refractivity contribution in [3.05, 3.63) is 52.8 Å². The van der Waals surface area contributed by atoms with Crippen molar-refractivity contribution in [2.24, 2.45) is 0 Å². The Kier molecular flexibility index (Phi) is 5.10. The van der Waals surface area contributed by atoms with Crippen molar-refractivity contribution in [2.75, 3.05) is 6.67 Å². The molecular weight excluding hydrogens is 301 g/mol. The number of aromatic nitrogens is 2. The zero-order valence-corrected chi connectivity index (χ0v) is 12.9. The number of carboxylic acids is 1. The number of benzene rings is 1. The van der Waals surface area contributed by atoms with E-state index in [4.69, 9.17) is 5.11 Å². The SMILES string of the molecule is Cc1cc(C)n(Cc2cccc(C(=O)NC(CF)C(=O)O)c2)n1. The number of hydrogen-bond donors (Lipinski definition) is 2. The lowest BCUT2D eigenvalue weighted by atomic mass is 10.1. The number of nitrogens with one attached hydrogen (secondary N) is 1. The standard InChI is InChI=1S/C16H18FN3O3/c1-10-6-11(2)20(19-10)9-12-4-3-5-13(7-12)15(21)18-14(8-17)16(22)23/h3-7,14H,8-9H2,1-2H3,(H,18,21)(H,22,23). The zero-order valence-electron chi connectivity index (χ0n) is 12.9. The van der Waals surface area contributed by atoms with Crippen LogP contribution in [0.25, 0.3) is 0 Å². The highest BCUT2D eigenvalue weighted by Gasteiger charge is 2.20. The lowest BCUT2D eigenvalue weighted by Gasteiger charge is -2.11. The summed E-state index contributed by atoms with van der Waals surface area (Å²) in [5.74, 6) is -2.02. The van der Waals surface area contributed by atoms with E-state index in [0.717, 1.165) is 17.0 Å². The van der Waals surface area contributed by atoms with Crippen LogP contribution in [0.5, 0.6) is 0 Å². The minimum Gasteiger partial charge on any atom is -0.480 e. The maximum absolute atomic E-state index is 12.6. The van der Waals surface area contributed by atoms with Crippen LogP contribution in [0.2, 0.25) is 0 Å². The van der Waals surface area contributed by atoms with Crippen LogP contribution in [0, 0.1) is 13.8 Å². The summed E-state index contributed by atoms with van der Waals surface area (Å²) in [6.07, 6.45) is 0. The summed E-state index contributed by atoms with van der Waals surface area (Å²) in [7, 11) is 0. The van der Waals surface area contributed by atoms with Gasteiger partial charge in [-0.1, -0.05) is 12.1 Å². The third kappa shape index (κ3) is 4.15. The summed E-state index contributed by atoms with van der Waals surface area (Å²) >= 11 is 0. The number of nitrogens with zero attached hydrogens (tertiary/aromatic N) is 2. The second kappa shape index (κ2) is 7.04. The molecule has 2 N–H and O–H groups in total. The van der Waals surface area contributed by atoms with Gasteiger partial charge in [0, 0.05) is 11.3 Å². The van der Waals surface area contributed by atoms with Gasteiger partial charge in [0.2, 0.25) is 0 Å². The molecule has 1 atom stereocenters. The summed E-state index contributed by atoms with van der Waals surface area (Å²) in [5, 5.41) is 15.3. The molecule has 0 fully saturated rings. The van der Waals surface area contributed by atoms with Gasteiger partial charge < -0.3 is 10.4 Å². The smallest absolute Gasteiger partial charge is 0.328 e. The number of halogens is 1. The van der Waals surface area contributed by atoms with Crippen molar-refractivity contribution in [1.82, 2.24) is 15.1 Å². The fourth-order valence-electron chi connectivity index (χ4n) is 2.23. The third-order valence-corrected chi connectivity index (χ3v) is 3.38. The molecule has 1 unspecified atom stereocenters. The van der Waals surface area contributed by atoms with Crippen LogP contribution in [0.3, 0.4) is 0 Å². The van der Waals surface area contributed by atoms with Gasteiger partial charge in [-0.15, -0.1) is 0 Å². The Bertz CT molecular complexity index is 727.